The molecule has 0 heterocycles. The summed E-state index contributed by atoms with van der Waals surface area (Å²) in [4.78, 5) is 0. The van der Waals surface area contributed by atoms with Crippen LogP contribution >= 0.6 is 11.6 Å². The van der Waals surface area contributed by atoms with Gasteiger partial charge in [-0.15, -0.1) is 0 Å². The zero-order valence-electron chi connectivity index (χ0n) is 8.86. The number of hydrogen-bond acceptors (Lipinski definition) is 0. The molecule has 1 aliphatic carbocycles. The molecule has 74 valence electrons. The lowest BCUT2D eigenvalue weighted by Crippen LogP contribution is -1.92. The van der Waals surface area contributed by atoms with Crippen molar-refractivity contribution in [2.45, 2.75) is 33.6 Å². The molecule has 1 unspecified atom stereocenters. The smallest absolute Gasteiger partial charge is 0.0371 e. The molecule has 1 atom stereocenters. The Morgan fingerprint density at radius 3 is 2.38 bits per heavy atom. The first kappa shape index (κ1) is 12.5. The first-order chi connectivity index (χ1) is 6.16. The summed E-state index contributed by atoms with van der Waals surface area (Å²) >= 11 is 5.85. The van der Waals surface area contributed by atoms with Crippen molar-refractivity contribution >= 4 is 11.6 Å². The fourth-order valence-electron chi connectivity index (χ4n) is 1.62. The second-order valence-corrected chi connectivity index (χ2v) is 3.44. The fraction of sp³-hybridized carbons (Fsp3) is 0.500. The second-order valence-electron chi connectivity index (χ2n) is 2.99. The van der Waals surface area contributed by atoms with Crippen LogP contribution in [0.25, 0.3) is 0 Å². The first-order valence-electron chi connectivity index (χ1n) is 4.87. The van der Waals surface area contributed by atoms with Gasteiger partial charge in [0.25, 0.3) is 0 Å². The molecule has 0 fully saturated rings. The summed E-state index contributed by atoms with van der Waals surface area (Å²) in [7, 11) is 0. The molecule has 0 amide bonds. The van der Waals surface area contributed by atoms with Crippen LogP contribution in [0.5, 0.6) is 0 Å². The molecule has 0 spiro atoms. The van der Waals surface area contributed by atoms with Crippen LogP contribution in [0.2, 0.25) is 0 Å². The van der Waals surface area contributed by atoms with Gasteiger partial charge >= 0.3 is 0 Å². The monoisotopic (exact) mass is 198 g/mol. The Labute approximate surface area is 87.0 Å². The van der Waals surface area contributed by atoms with Crippen molar-refractivity contribution in [3.63, 3.8) is 0 Å². The average Bonchev–Trinajstić information content (AvgIpc) is 2.50. The second kappa shape index (κ2) is 6.04. The van der Waals surface area contributed by atoms with Crippen LogP contribution in [0.3, 0.4) is 0 Å². The van der Waals surface area contributed by atoms with Gasteiger partial charge in [-0.2, -0.15) is 0 Å². The number of halogens is 1. The number of allylic oxidation sites excluding steroid dienone is 4. The SMILES string of the molecule is C=CC1=C(C(=C)Cl)C(C)CC1.CC. The normalized spacial score (nSPS) is 20.8. The highest BCUT2D eigenvalue weighted by Gasteiger charge is 2.20. The van der Waals surface area contributed by atoms with E-state index in [1.54, 1.807) is 0 Å². The van der Waals surface area contributed by atoms with Crippen LogP contribution in [0, 0.1) is 5.92 Å². The van der Waals surface area contributed by atoms with Crippen LogP contribution in [0.4, 0.5) is 0 Å². The molecular weight excluding hydrogens is 180 g/mol. The Balaban J connectivity index is 0.000000671. The van der Waals surface area contributed by atoms with Crippen molar-refractivity contribution in [1.29, 1.82) is 0 Å². The third-order valence-electron chi connectivity index (χ3n) is 2.22. The van der Waals surface area contributed by atoms with Gasteiger partial charge in [0, 0.05) is 5.03 Å². The summed E-state index contributed by atoms with van der Waals surface area (Å²) in [5.41, 5.74) is 2.49. The van der Waals surface area contributed by atoms with E-state index in [0.717, 1.165) is 6.42 Å². The molecule has 0 saturated carbocycles. The maximum absolute atomic E-state index is 5.85. The summed E-state index contributed by atoms with van der Waals surface area (Å²) < 4.78 is 0. The third-order valence-corrected chi connectivity index (χ3v) is 2.43. The van der Waals surface area contributed by atoms with Crippen LogP contribution in [0.1, 0.15) is 33.6 Å². The molecule has 1 heteroatoms. The van der Waals surface area contributed by atoms with Crippen LogP contribution in [0.15, 0.2) is 35.4 Å². The lowest BCUT2D eigenvalue weighted by molar-refractivity contribution is 0.679. The molecule has 13 heavy (non-hydrogen) atoms. The van der Waals surface area contributed by atoms with Crippen molar-refractivity contribution in [2.24, 2.45) is 5.92 Å². The predicted molar refractivity (Wildman–Crippen MR) is 62.0 cm³/mol. The zero-order chi connectivity index (χ0) is 10.4. The van der Waals surface area contributed by atoms with Gasteiger partial charge in [-0.3, -0.25) is 0 Å². The van der Waals surface area contributed by atoms with E-state index in [4.69, 9.17) is 11.6 Å². The Morgan fingerprint density at radius 2 is 2.08 bits per heavy atom. The van der Waals surface area contributed by atoms with Crippen molar-refractivity contribution in [2.75, 3.05) is 0 Å². The molecule has 1 aliphatic rings. The van der Waals surface area contributed by atoms with E-state index in [0.29, 0.717) is 11.0 Å². The van der Waals surface area contributed by atoms with Gasteiger partial charge in [0.2, 0.25) is 0 Å². The summed E-state index contributed by atoms with van der Waals surface area (Å²) in [5.74, 6) is 0.563. The van der Waals surface area contributed by atoms with E-state index in [2.05, 4.69) is 20.1 Å². The Hall–Kier alpha value is -0.490. The van der Waals surface area contributed by atoms with E-state index in [9.17, 15) is 0 Å². The van der Waals surface area contributed by atoms with E-state index < -0.39 is 0 Å². The largest absolute Gasteiger partial charge is 0.0988 e. The summed E-state index contributed by atoms with van der Waals surface area (Å²) in [5, 5.41) is 0.685. The molecule has 0 saturated heterocycles. The van der Waals surface area contributed by atoms with Gasteiger partial charge in [0.15, 0.2) is 0 Å². The van der Waals surface area contributed by atoms with E-state index in [-0.39, 0.29) is 0 Å². The molecule has 1 rings (SSSR count). The highest BCUT2D eigenvalue weighted by atomic mass is 35.5. The van der Waals surface area contributed by atoms with Crippen molar-refractivity contribution in [1.82, 2.24) is 0 Å². The molecular formula is C12H19Cl. The number of rotatable bonds is 2. The molecule has 0 N–H and O–H groups in total. The number of hydrogen-bond donors (Lipinski definition) is 0. The summed E-state index contributed by atoms with van der Waals surface area (Å²) in [6.45, 7) is 13.7. The average molecular weight is 199 g/mol. The first-order valence-corrected chi connectivity index (χ1v) is 5.25. The molecule has 0 nitrogen and oxygen atoms in total. The topological polar surface area (TPSA) is 0 Å². The summed E-state index contributed by atoms with van der Waals surface area (Å²) in [6, 6.07) is 0. The molecule has 0 aromatic carbocycles. The van der Waals surface area contributed by atoms with Gasteiger partial charge in [0.1, 0.15) is 0 Å². The van der Waals surface area contributed by atoms with Gasteiger partial charge in [-0.25, -0.2) is 0 Å². The van der Waals surface area contributed by atoms with Crippen LogP contribution in [-0.4, -0.2) is 0 Å². The Bertz CT molecular complexity index is 223. The Morgan fingerprint density at radius 1 is 1.54 bits per heavy atom. The predicted octanol–water partition coefficient (Wildman–Crippen LogP) is 4.68. The molecule has 0 bridgehead atoms. The fourth-order valence-corrected chi connectivity index (χ4v) is 1.93. The Kier molecular flexibility index (Phi) is 5.81. The molecule has 0 aliphatic heterocycles. The van der Waals surface area contributed by atoms with E-state index in [1.807, 2.05) is 19.9 Å². The minimum atomic E-state index is 0.563. The lowest BCUT2D eigenvalue weighted by atomic mass is 10.0. The standard InChI is InChI=1S/C10H13Cl.C2H6/c1-4-9-6-5-7(2)10(9)8(3)11;1-2/h4,7H,1,3,5-6H2,2H3;1-2H3. The lowest BCUT2D eigenvalue weighted by Gasteiger charge is -2.06. The maximum atomic E-state index is 5.85. The van der Waals surface area contributed by atoms with E-state index in [1.165, 1.54) is 17.6 Å². The molecule has 0 radical (unpaired) electrons. The minimum Gasteiger partial charge on any atom is -0.0988 e. The van der Waals surface area contributed by atoms with Crippen molar-refractivity contribution < 1.29 is 0 Å². The van der Waals surface area contributed by atoms with E-state index >= 15 is 0 Å². The highest BCUT2D eigenvalue weighted by molar-refractivity contribution is 6.31. The van der Waals surface area contributed by atoms with Gasteiger partial charge in [-0.1, -0.05) is 51.6 Å². The third kappa shape index (κ3) is 3.04. The van der Waals surface area contributed by atoms with Crippen LogP contribution < -0.4 is 0 Å². The highest BCUT2D eigenvalue weighted by Crippen LogP contribution is 2.37. The molecule has 0 aromatic heterocycles. The van der Waals surface area contributed by atoms with Crippen molar-refractivity contribution in [3.05, 3.63) is 35.4 Å². The van der Waals surface area contributed by atoms with Gasteiger partial charge in [0.05, 0.1) is 0 Å². The van der Waals surface area contributed by atoms with Gasteiger partial charge in [-0.05, 0) is 29.9 Å². The zero-order valence-corrected chi connectivity index (χ0v) is 9.62. The van der Waals surface area contributed by atoms with Gasteiger partial charge < -0.3 is 0 Å². The van der Waals surface area contributed by atoms with Crippen molar-refractivity contribution in [3.8, 4) is 0 Å². The summed E-state index contributed by atoms with van der Waals surface area (Å²) in [6.07, 6.45) is 4.18. The quantitative estimate of drug-likeness (QED) is 0.605. The maximum Gasteiger partial charge on any atom is 0.0371 e. The minimum absolute atomic E-state index is 0.563. The molecule has 0 aromatic rings. The van der Waals surface area contributed by atoms with Crippen LogP contribution in [-0.2, 0) is 0 Å².